The Kier molecular flexibility index (Phi) is 2.69. The van der Waals surface area contributed by atoms with E-state index in [0.29, 0.717) is 0 Å². The molecule has 1 aliphatic rings. The molecule has 1 heterocycles. The lowest BCUT2D eigenvalue weighted by atomic mass is 9.92. The molecule has 2 nitrogen and oxygen atoms in total. The highest BCUT2D eigenvalue weighted by Gasteiger charge is 2.23. The van der Waals surface area contributed by atoms with Crippen LogP contribution in [-0.4, -0.2) is 32.6 Å². The van der Waals surface area contributed by atoms with E-state index in [1.165, 1.54) is 11.3 Å². The van der Waals surface area contributed by atoms with E-state index in [0.717, 1.165) is 33.6 Å². The fraction of sp³-hybridized carbons (Fsp3) is 0.364. The molecule has 0 saturated heterocycles. The molecular formula is C11H12BNOS. The highest BCUT2D eigenvalue weighted by molar-refractivity contribution is 7.20. The molecule has 0 bridgehead atoms. The maximum atomic E-state index is 12.0. The minimum absolute atomic E-state index is 0.137. The van der Waals surface area contributed by atoms with Gasteiger partial charge >= 0.3 is 0 Å². The molecule has 1 aromatic rings. The number of Topliss-reactive ketones (excluding diaryl/α,β-unsaturated/α-hetero) is 1. The van der Waals surface area contributed by atoms with Crippen LogP contribution < -0.4 is 4.78 Å². The van der Waals surface area contributed by atoms with E-state index < -0.39 is 0 Å². The van der Waals surface area contributed by atoms with Crippen molar-refractivity contribution >= 4 is 29.7 Å². The average molecular weight is 217 g/mol. The molecule has 0 aromatic carbocycles. The number of ketones is 1. The Hall–Kier alpha value is -1.03. The van der Waals surface area contributed by atoms with Crippen molar-refractivity contribution in [1.29, 1.82) is 0 Å². The monoisotopic (exact) mass is 217 g/mol. The molecule has 15 heavy (non-hydrogen) atoms. The number of rotatable bonds is 1. The molecule has 0 fully saturated rings. The Morgan fingerprint density at radius 2 is 2.20 bits per heavy atom. The summed E-state index contributed by atoms with van der Waals surface area (Å²) in [6.45, 7) is 0. The molecule has 2 rings (SSSR count). The summed E-state index contributed by atoms with van der Waals surface area (Å²) in [5.41, 5.74) is 1.68. The van der Waals surface area contributed by atoms with Gasteiger partial charge in [-0.1, -0.05) is 0 Å². The Morgan fingerprint density at radius 1 is 1.47 bits per heavy atom. The number of hydrogen-bond acceptors (Lipinski definition) is 3. The largest absolute Gasteiger partial charge is 0.383 e. The molecule has 0 N–H and O–H groups in total. The lowest BCUT2D eigenvalue weighted by Crippen LogP contribution is -2.15. The zero-order chi connectivity index (χ0) is 11.0. The first-order valence-electron chi connectivity index (χ1n) is 4.88. The van der Waals surface area contributed by atoms with Gasteiger partial charge in [-0.3, -0.25) is 4.79 Å². The Balaban J connectivity index is 2.37. The SMILES string of the molecule is [B]c1cc2c(s1)CC/C(=C/N(C)C)C2=O. The van der Waals surface area contributed by atoms with E-state index >= 15 is 0 Å². The van der Waals surface area contributed by atoms with Crippen LogP contribution in [0.4, 0.5) is 0 Å². The molecule has 4 heteroatoms. The van der Waals surface area contributed by atoms with Crippen LogP contribution in [0, 0.1) is 0 Å². The standard InChI is InChI=1S/C11H12BNOS/c1-13(2)6-7-3-4-9-8(11(7)14)5-10(12)15-9/h5-6H,3-4H2,1-2H3/b7-6-. The summed E-state index contributed by atoms with van der Waals surface area (Å²) in [7, 11) is 9.56. The predicted molar refractivity (Wildman–Crippen MR) is 64.1 cm³/mol. The fourth-order valence-electron chi connectivity index (χ4n) is 1.80. The van der Waals surface area contributed by atoms with Crippen molar-refractivity contribution in [2.24, 2.45) is 0 Å². The normalized spacial score (nSPS) is 18.0. The fourth-order valence-corrected chi connectivity index (χ4v) is 2.72. The highest BCUT2D eigenvalue weighted by Crippen LogP contribution is 2.27. The van der Waals surface area contributed by atoms with Gasteiger partial charge in [0.1, 0.15) is 7.85 Å². The van der Waals surface area contributed by atoms with Crippen molar-refractivity contribution in [3.05, 3.63) is 28.3 Å². The van der Waals surface area contributed by atoms with Gasteiger partial charge < -0.3 is 4.90 Å². The number of thiophene rings is 1. The maximum Gasteiger partial charge on any atom is 0.191 e. The second-order valence-corrected chi connectivity index (χ2v) is 5.10. The van der Waals surface area contributed by atoms with E-state index in [9.17, 15) is 4.79 Å². The summed E-state index contributed by atoms with van der Waals surface area (Å²) in [5, 5.41) is 0. The molecular weight excluding hydrogens is 205 g/mol. The van der Waals surface area contributed by atoms with Crippen molar-refractivity contribution < 1.29 is 4.79 Å². The smallest absolute Gasteiger partial charge is 0.191 e. The minimum atomic E-state index is 0.137. The second-order valence-electron chi connectivity index (χ2n) is 3.93. The van der Waals surface area contributed by atoms with Crippen molar-refractivity contribution in [1.82, 2.24) is 4.90 Å². The van der Waals surface area contributed by atoms with Gasteiger partial charge in [0, 0.05) is 36.3 Å². The van der Waals surface area contributed by atoms with E-state index in [2.05, 4.69) is 0 Å². The lowest BCUT2D eigenvalue weighted by Gasteiger charge is -2.15. The van der Waals surface area contributed by atoms with Crippen LogP contribution in [-0.2, 0) is 6.42 Å². The summed E-state index contributed by atoms with van der Waals surface area (Å²) < 4.78 is 0.736. The topological polar surface area (TPSA) is 20.3 Å². The first-order chi connectivity index (χ1) is 7.08. The highest BCUT2D eigenvalue weighted by atomic mass is 32.1. The third-order valence-corrected chi connectivity index (χ3v) is 3.42. The number of fused-ring (bicyclic) bond motifs is 1. The number of hydrogen-bond donors (Lipinski definition) is 0. The van der Waals surface area contributed by atoms with Gasteiger partial charge in [-0.2, -0.15) is 11.3 Å². The van der Waals surface area contributed by atoms with Gasteiger partial charge in [0.15, 0.2) is 5.78 Å². The second kappa shape index (κ2) is 3.85. The molecule has 0 spiro atoms. The summed E-state index contributed by atoms with van der Waals surface area (Å²) >= 11 is 1.53. The van der Waals surface area contributed by atoms with Crippen LogP contribution in [0.5, 0.6) is 0 Å². The first-order valence-corrected chi connectivity index (χ1v) is 5.69. The van der Waals surface area contributed by atoms with Gasteiger partial charge in [0.2, 0.25) is 0 Å². The van der Waals surface area contributed by atoms with Crippen LogP contribution in [0.25, 0.3) is 0 Å². The third-order valence-electron chi connectivity index (χ3n) is 2.40. The predicted octanol–water partition coefficient (Wildman–Crippen LogP) is 1.12. The van der Waals surface area contributed by atoms with Crippen molar-refractivity contribution in [3.63, 3.8) is 0 Å². The van der Waals surface area contributed by atoms with Gasteiger partial charge in [-0.25, -0.2) is 0 Å². The van der Waals surface area contributed by atoms with E-state index in [-0.39, 0.29) is 5.78 Å². The quantitative estimate of drug-likeness (QED) is 0.519. The van der Waals surface area contributed by atoms with E-state index in [1.807, 2.05) is 25.2 Å². The molecule has 0 aliphatic heterocycles. The van der Waals surface area contributed by atoms with Gasteiger partial charge in [-0.15, -0.1) is 0 Å². The summed E-state index contributed by atoms with van der Waals surface area (Å²) in [4.78, 5) is 15.1. The van der Waals surface area contributed by atoms with Crippen LogP contribution >= 0.6 is 11.3 Å². The molecule has 0 amide bonds. The number of carbonyl (C=O) groups is 1. The molecule has 1 aliphatic carbocycles. The first kappa shape index (κ1) is 10.5. The molecule has 76 valence electrons. The summed E-state index contributed by atoms with van der Waals surface area (Å²) in [6.07, 6.45) is 3.66. The number of allylic oxidation sites excluding steroid dienone is 1. The average Bonchev–Trinajstić information content (AvgIpc) is 2.51. The third kappa shape index (κ3) is 2.00. The Bertz CT molecular complexity index is 434. The molecule has 0 saturated carbocycles. The number of nitrogens with zero attached hydrogens (tertiary/aromatic N) is 1. The van der Waals surface area contributed by atoms with Crippen LogP contribution in [0.1, 0.15) is 21.7 Å². The van der Waals surface area contributed by atoms with Crippen molar-refractivity contribution in [2.75, 3.05) is 14.1 Å². The van der Waals surface area contributed by atoms with Crippen LogP contribution in [0.3, 0.4) is 0 Å². The van der Waals surface area contributed by atoms with Gasteiger partial charge in [0.05, 0.1) is 0 Å². The summed E-state index contributed by atoms with van der Waals surface area (Å²) in [5.74, 6) is 0.137. The number of aryl methyl sites for hydroxylation is 1. The molecule has 2 radical (unpaired) electrons. The molecule has 0 unspecified atom stereocenters. The Morgan fingerprint density at radius 3 is 2.87 bits per heavy atom. The van der Waals surface area contributed by atoms with Crippen molar-refractivity contribution in [3.8, 4) is 0 Å². The van der Waals surface area contributed by atoms with Gasteiger partial charge in [-0.05, 0) is 23.7 Å². The summed E-state index contributed by atoms with van der Waals surface area (Å²) in [6, 6.07) is 1.80. The zero-order valence-electron chi connectivity index (χ0n) is 8.91. The molecule has 1 aromatic heterocycles. The van der Waals surface area contributed by atoms with E-state index in [4.69, 9.17) is 7.85 Å². The Labute approximate surface area is 95.0 Å². The zero-order valence-corrected chi connectivity index (χ0v) is 9.73. The van der Waals surface area contributed by atoms with Crippen LogP contribution in [0.2, 0.25) is 0 Å². The van der Waals surface area contributed by atoms with Crippen molar-refractivity contribution in [2.45, 2.75) is 12.8 Å². The van der Waals surface area contributed by atoms with Gasteiger partial charge in [0.25, 0.3) is 0 Å². The van der Waals surface area contributed by atoms with E-state index in [1.54, 1.807) is 6.07 Å². The number of carbonyl (C=O) groups excluding carboxylic acids is 1. The lowest BCUT2D eigenvalue weighted by molar-refractivity contribution is 0.102. The maximum absolute atomic E-state index is 12.0. The van der Waals surface area contributed by atoms with Crippen LogP contribution in [0.15, 0.2) is 17.8 Å². The molecule has 0 atom stereocenters. The minimum Gasteiger partial charge on any atom is -0.383 e.